The number of esters is 1. The molecule has 0 aromatic rings. The summed E-state index contributed by atoms with van der Waals surface area (Å²) in [5.41, 5.74) is 0.304. The van der Waals surface area contributed by atoms with Crippen molar-refractivity contribution in [3.63, 3.8) is 0 Å². The SMILES string of the molecule is CC(C)OC(=O)C(Cl)=CC1CC1(C)C. The van der Waals surface area contributed by atoms with Crippen molar-refractivity contribution in [1.82, 2.24) is 0 Å². The first kappa shape index (κ1) is 11.6. The van der Waals surface area contributed by atoms with Crippen LogP contribution in [0.2, 0.25) is 0 Å². The Morgan fingerprint density at radius 3 is 2.43 bits per heavy atom. The molecule has 1 fully saturated rings. The Balaban J connectivity index is 2.49. The molecule has 0 N–H and O–H groups in total. The highest BCUT2D eigenvalue weighted by Gasteiger charge is 2.44. The van der Waals surface area contributed by atoms with E-state index in [0.717, 1.165) is 6.42 Å². The summed E-state index contributed by atoms with van der Waals surface area (Å²) in [6.45, 7) is 7.94. The lowest BCUT2D eigenvalue weighted by Gasteiger charge is -2.06. The molecule has 0 saturated heterocycles. The zero-order valence-corrected chi connectivity index (χ0v) is 9.89. The first-order valence-corrected chi connectivity index (χ1v) is 5.29. The van der Waals surface area contributed by atoms with Crippen molar-refractivity contribution in [2.45, 2.75) is 40.2 Å². The van der Waals surface area contributed by atoms with Gasteiger partial charge in [-0.05, 0) is 31.6 Å². The Kier molecular flexibility index (Phi) is 3.25. The van der Waals surface area contributed by atoms with Gasteiger partial charge in [0.15, 0.2) is 0 Å². The maximum Gasteiger partial charge on any atom is 0.349 e. The van der Waals surface area contributed by atoms with Gasteiger partial charge in [0.05, 0.1) is 6.10 Å². The second-order valence-electron chi connectivity index (χ2n) is 4.77. The van der Waals surface area contributed by atoms with E-state index in [1.165, 1.54) is 0 Å². The van der Waals surface area contributed by atoms with Crippen LogP contribution in [0.15, 0.2) is 11.1 Å². The Labute approximate surface area is 90.3 Å². The zero-order chi connectivity index (χ0) is 10.9. The standard InChI is InChI=1S/C11H17ClO2/c1-7(2)14-10(13)9(12)5-8-6-11(8,3)4/h5,7-8H,6H2,1-4H3. The predicted molar refractivity (Wildman–Crippen MR) is 57.1 cm³/mol. The van der Waals surface area contributed by atoms with Crippen molar-refractivity contribution in [2.75, 3.05) is 0 Å². The van der Waals surface area contributed by atoms with E-state index in [9.17, 15) is 4.79 Å². The van der Waals surface area contributed by atoms with E-state index in [1.54, 1.807) is 0 Å². The van der Waals surface area contributed by atoms with Crippen LogP contribution < -0.4 is 0 Å². The normalized spacial score (nSPS) is 25.0. The Bertz CT molecular complexity index is 266. The highest BCUT2D eigenvalue weighted by molar-refractivity contribution is 6.41. The molecule has 2 nitrogen and oxygen atoms in total. The summed E-state index contributed by atoms with van der Waals surface area (Å²) in [4.78, 5) is 11.3. The first-order valence-electron chi connectivity index (χ1n) is 4.91. The minimum atomic E-state index is -0.413. The van der Waals surface area contributed by atoms with Crippen LogP contribution >= 0.6 is 11.6 Å². The predicted octanol–water partition coefficient (Wildman–Crippen LogP) is 3.11. The Morgan fingerprint density at radius 1 is 1.57 bits per heavy atom. The van der Waals surface area contributed by atoms with Crippen LogP contribution in [-0.2, 0) is 9.53 Å². The number of rotatable bonds is 3. The summed E-state index contributed by atoms with van der Waals surface area (Å²) in [5, 5.41) is 0.217. The molecule has 1 unspecified atom stereocenters. The molecule has 1 atom stereocenters. The molecule has 1 saturated carbocycles. The molecule has 1 rings (SSSR count). The maximum absolute atomic E-state index is 11.3. The van der Waals surface area contributed by atoms with Gasteiger partial charge >= 0.3 is 5.97 Å². The highest BCUT2D eigenvalue weighted by atomic mass is 35.5. The first-order chi connectivity index (χ1) is 6.33. The van der Waals surface area contributed by atoms with Gasteiger partial charge in [0.2, 0.25) is 0 Å². The molecule has 1 aliphatic carbocycles. The zero-order valence-electron chi connectivity index (χ0n) is 9.13. The van der Waals surface area contributed by atoms with Crippen LogP contribution in [0.1, 0.15) is 34.1 Å². The quantitative estimate of drug-likeness (QED) is 0.535. The van der Waals surface area contributed by atoms with Gasteiger partial charge in [-0.25, -0.2) is 4.79 Å². The van der Waals surface area contributed by atoms with Gasteiger partial charge in [0.1, 0.15) is 5.03 Å². The van der Waals surface area contributed by atoms with Crippen molar-refractivity contribution in [3.8, 4) is 0 Å². The summed E-state index contributed by atoms with van der Waals surface area (Å²) in [6, 6.07) is 0. The fourth-order valence-corrected chi connectivity index (χ4v) is 1.50. The third-order valence-electron chi connectivity index (χ3n) is 2.47. The molecule has 14 heavy (non-hydrogen) atoms. The molecule has 0 radical (unpaired) electrons. The van der Waals surface area contributed by atoms with E-state index < -0.39 is 5.97 Å². The minimum absolute atomic E-state index is 0.114. The summed E-state index contributed by atoms with van der Waals surface area (Å²) in [5.74, 6) is 0.0130. The van der Waals surface area contributed by atoms with Gasteiger partial charge in [-0.3, -0.25) is 0 Å². The molecule has 3 heteroatoms. The molecule has 1 aliphatic rings. The van der Waals surface area contributed by atoms with Gasteiger partial charge in [0, 0.05) is 0 Å². The maximum atomic E-state index is 11.3. The van der Waals surface area contributed by atoms with Gasteiger partial charge in [0.25, 0.3) is 0 Å². The van der Waals surface area contributed by atoms with E-state index in [1.807, 2.05) is 19.9 Å². The van der Waals surface area contributed by atoms with Crippen molar-refractivity contribution in [2.24, 2.45) is 11.3 Å². The van der Waals surface area contributed by atoms with Crippen LogP contribution in [0, 0.1) is 11.3 Å². The molecule has 0 spiro atoms. The van der Waals surface area contributed by atoms with Gasteiger partial charge in [-0.15, -0.1) is 0 Å². The summed E-state index contributed by atoms with van der Waals surface area (Å²) in [6.07, 6.45) is 2.79. The lowest BCUT2D eigenvalue weighted by molar-refractivity contribution is -0.141. The molecule has 0 aliphatic heterocycles. The largest absolute Gasteiger partial charge is 0.459 e. The van der Waals surface area contributed by atoms with Gasteiger partial charge in [-0.2, -0.15) is 0 Å². The molecule has 80 valence electrons. The molecule has 0 aromatic carbocycles. The van der Waals surface area contributed by atoms with E-state index in [0.29, 0.717) is 11.3 Å². The number of hydrogen-bond acceptors (Lipinski definition) is 2. The fourth-order valence-electron chi connectivity index (χ4n) is 1.31. The molecular formula is C11H17ClO2. The molecular weight excluding hydrogens is 200 g/mol. The summed E-state index contributed by atoms with van der Waals surface area (Å²) >= 11 is 5.82. The average molecular weight is 217 g/mol. The second kappa shape index (κ2) is 3.93. The number of carbonyl (C=O) groups is 1. The second-order valence-corrected chi connectivity index (χ2v) is 5.18. The lowest BCUT2D eigenvalue weighted by Crippen LogP contribution is -2.11. The average Bonchev–Trinajstić information content (AvgIpc) is 2.56. The monoisotopic (exact) mass is 216 g/mol. The van der Waals surface area contributed by atoms with E-state index >= 15 is 0 Å². The smallest absolute Gasteiger partial charge is 0.349 e. The minimum Gasteiger partial charge on any atom is -0.459 e. The van der Waals surface area contributed by atoms with E-state index in [2.05, 4.69) is 13.8 Å². The number of hydrogen-bond donors (Lipinski definition) is 0. The lowest BCUT2D eigenvalue weighted by atomic mass is 10.1. The van der Waals surface area contributed by atoms with Crippen LogP contribution in [-0.4, -0.2) is 12.1 Å². The van der Waals surface area contributed by atoms with Crippen molar-refractivity contribution < 1.29 is 9.53 Å². The number of halogens is 1. The van der Waals surface area contributed by atoms with Gasteiger partial charge < -0.3 is 4.74 Å². The summed E-state index contributed by atoms with van der Waals surface area (Å²) < 4.78 is 4.97. The van der Waals surface area contributed by atoms with Crippen LogP contribution in [0.4, 0.5) is 0 Å². The van der Waals surface area contributed by atoms with Crippen molar-refractivity contribution >= 4 is 17.6 Å². The Morgan fingerprint density at radius 2 is 2.07 bits per heavy atom. The number of carbonyl (C=O) groups excluding carboxylic acids is 1. The van der Waals surface area contributed by atoms with Crippen LogP contribution in [0.5, 0.6) is 0 Å². The van der Waals surface area contributed by atoms with E-state index in [-0.39, 0.29) is 11.1 Å². The third kappa shape index (κ3) is 3.02. The molecule has 0 amide bonds. The van der Waals surface area contributed by atoms with Gasteiger partial charge in [-0.1, -0.05) is 31.5 Å². The molecule has 0 aromatic heterocycles. The third-order valence-corrected chi connectivity index (χ3v) is 2.76. The topological polar surface area (TPSA) is 26.3 Å². The van der Waals surface area contributed by atoms with E-state index in [4.69, 9.17) is 16.3 Å². The highest BCUT2D eigenvalue weighted by Crippen LogP contribution is 2.53. The summed E-state index contributed by atoms with van der Waals surface area (Å²) in [7, 11) is 0. The van der Waals surface area contributed by atoms with Crippen LogP contribution in [0.25, 0.3) is 0 Å². The van der Waals surface area contributed by atoms with Crippen molar-refractivity contribution in [3.05, 3.63) is 11.1 Å². The van der Waals surface area contributed by atoms with Crippen molar-refractivity contribution in [1.29, 1.82) is 0 Å². The number of ether oxygens (including phenoxy) is 1. The fraction of sp³-hybridized carbons (Fsp3) is 0.727. The molecule has 0 heterocycles. The molecule has 0 bridgehead atoms. The van der Waals surface area contributed by atoms with Crippen LogP contribution in [0.3, 0.4) is 0 Å². The number of allylic oxidation sites excluding steroid dienone is 1. The Hall–Kier alpha value is -0.500.